The molecule has 1 heterocycles. The molecule has 1 aliphatic heterocycles. The Kier molecular flexibility index (Phi) is 4.82. The fourth-order valence-electron chi connectivity index (χ4n) is 4.22. The van der Waals surface area contributed by atoms with Crippen molar-refractivity contribution in [2.45, 2.75) is 70.1 Å². The van der Waals surface area contributed by atoms with E-state index in [4.69, 9.17) is 0 Å². The van der Waals surface area contributed by atoms with Gasteiger partial charge in [-0.2, -0.15) is 0 Å². The van der Waals surface area contributed by atoms with E-state index >= 15 is 0 Å². The first kappa shape index (κ1) is 15.5. The summed E-state index contributed by atoms with van der Waals surface area (Å²) in [5.41, 5.74) is 1.15. The van der Waals surface area contributed by atoms with Crippen LogP contribution in [0.4, 0.5) is 0 Å². The van der Waals surface area contributed by atoms with Crippen molar-refractivity contribution in [2.75, 3.05) is 0 Å². The van der Waals surface area contributed by atoms with E-state index in [1.165, 1.54) is 32.1 Å². The zero-order chi connectivity index (χ0) is 15.5. The number of hydrogen-bond acceptors (Lipinski definition) is 2. The summed E-state index contributed by atoms with van der Waals surface area (Å²) in [7, 11) is 0. The van der Waals surface area contributed by atoms with Crippen LogP contribution in [0, 0.1) is 5.92 Å². The average molecular weight is 301 g/mol. The van der Waals surface area contributed by atoms with Gasteiger partial charge in [0.05, 0.1) is 24.6 Å². The van der Waals surface area contributed by atoms with Gasteiger partial charge in [-0.25, -0.2) is 0 Å². The zero-order valence-corrected chi connectivity index (χ0v) is 13.4. The number of benzene rings is 1. The molecule has 1 N–H and O–H groups in total. The largest absolute Gasteiger partial charge is 0.390 e. The SMILES string of the molecule is C[C@@H](c1ccccc1)N1C(=O)C[C@@H](O)[C@H]1CC1CCCCC1. The highest BCUT2D eigenvalue weighted by molar-refractivity contribution is 5.80. The summed E-state index contributed by atoms with van der Waals surface area (Å²) in [6, 6.07) is 10.2. The van der Waals surface area contributed by atoms with Crippen molar-refractivity contribution >= 4 is 5.91 Å². The van der Waals surface area contributed by atoms with E-state index < -0.39 is 6.10 Å². The maximum absolute atomic E-state index is 12.4. The monoisotopic (exact) mass is 301 g/mol. The second-order valence-corrected chi connectivity index (χ2v) is 6.97. The molecule has 1 amide bonds. The van der Waals surface area contributed by atoms with Gasteiger partial charge in [0.15, 0.2) is 0 Å². The summed E-state index contributed by atoms with van der Waals surface area (Å²) in [5, 5.41) is 10.4. The molecule has 22 heavy (non-hydrogen) atoms. The van der Waals surface area contributed by atoms with Crippen LogP contribution in [0.3, 0.4) is 0 Å². The third-order valence-corrected chi connectivity index (χ3v) is 5.47. The maximum atomic E-state index is 12.4. The normalized spacial score (nSPS) is 28.1. The van der Waals surface area contributed by atoms with Gasteiger partial charge in [0.25, 0.3) is 0 Å². The van der Waals surface area contributed by atoms with Crippen molar-refractivity contribution in [3.05, 3.63) is 35.9 Å². The van der Waals surface area contributed by atoms with Gasteiger partial charge in [0, 0.05) is 0 Å². The highest BCUT2D eigenvalue weighted by atomic mass is 16.3. The molecule has 1 aromatic carbocycles. The number of rotatable bonds is 4. The number of aliphatic hydroxyl groups excluding tert-OH is 1. The van der Waals surface area contributed by atoms with Gasteiger partial charge in [-0.3, -0.25) is 4.79 Å². The summed E-state index contributed by atoms with van der Waals surface area (Å²) in [4.78, 5) is 14.4. The van der Waals surface area contributed by atoms with E-state index in [1.807, 2.05) is 23.1 Å². The molecule has 0 radical (unpaired) electrons. The average Bonchev–Trinajstić information content (AvgIpc) is 2.82. The summed E-state index contributed by atoms with van der Waals surface area (Å²) in [6.45, 7) is 2.08. The van der Waals surface area contributed by atoms with Crippen LogP contribution in [-0.4, -0.2) is 28.1 Å². The summed E-state index contributed by atoms with van der Waals surface area (Å²) in [5.74, 6) is 0.773. The number of nitrogens with zero attached hydrogens (tertiary/aromatic N) is 1. The molecule has 1 saturated heterocycles. The molecule has 2 fully saturated rings. The number of hydrogen-bond donors (Lipinski definition) is 1. The molecule has 3 nitrogen and oxygen atoms in total. The molecular weight excluding hydrogens is 274 g/mol. The van der Waals surface area contributed by atoms with Crippen LogP contribution in [0.25, 0.3) is 0 Å². The number of aliphatic hydroxyl groups is 1. The van der Waals surface area contributed by atoms with Gasteiger partial charge >= 0.3 is 0 Å². The van der Waals surface area contributed by atoms with Gasteiger partial charge in [0.2, 0.25) is 5.91 Å². The van der Waals surface area contributed by atoms with Crippen molar-refractivity contribution in [1.29, 1.82) is 0 Å². The van der Waals surface area contributed by atoms with Gasteiger partial charge in [-0.1, -0.05) is 62.4 Å². The Morgan fingerprint density at radius 1 is 1.18 bits per heavy atom. The Morgan fingerprint density at radius 3 is 2.55 bits per heavy atom. The Hall–Kier alpha value is -1.35. The second kappa shape index (κ2) is 6.82. The number of carbonyl (C=O) groups excluding carboxylic acids is 1. The highest BCUT2D eigenvalue weighted by Gasteiger charge is 2.42. The van der Waals surface area contributed by atoms with Crippen LogP contribution in [-0.2, 0) is 4.79 Å². The molecule has 2 aliphatic rings. The minimum Gasteiger partial charge on any atom is -0.390 e. The molecule has 3 rings (SSSR count). The van der Waals surface area contributed by atoms with Gasteiger partial charge < -0.3 is 10.0 Å². The van der Waals surface area contributed by atoms with Crippen LogP contribution in [0.15, 0.2) is 30.3 Å². The van der Waals surface area contributed by atoms with Crippen molar-refractivity contribution in [1.82, 2.24) is 4.90 Å². The van der Waals surface area contributed by atoms with Crippen LogP contribution >= 0.6 is 0 Å². The third-order valence-electron chi connectivity index (χ3n) is 5.47. The smallest absolute Gasteiger partial charge is 0.226 e. The molecule has 1 saturated carbocycles. The van der Waals surface area contributed by atoms with E-state index in [9.17, 15) is 9.90 Å². The highest BCUT2D eigenvalue weighted by Crippen LogP contribution is 2.36. The van der Waals surface area contributed by atoms with Crippen molar-refractivity contribution in [2.24, 2.45) is 5.92 Å². The first-order valence-electron chi connectivity index (χ1n) is 8.71. The van der Waals surface area contributed by atoms with Gasteiger partial charge in [-0.15, -0.1) is 0 Å². The standard InChI is InChI=1S/C19H27NO2/c1-14(16-10-6-3-7-11-16)20-17(18(21)13-19(20)22)12-15-8-4-2-5-9-15/h3,6-7,10-11,14-15,17-18,21H,2,4-5,8-9,12-13H2,1H3/t14-,17+,18+/m0/s1. The number of carbonyl (C=O) groups is 1. The van der Waals surface area contributed by atoms with E-state index in [0.29, 0.717) is 5.92 Å². The lowest BCUT2D eigenvalue weighted by Gasteiger charge is -2.35. The lowest BCUT2D eigenvalue weighted by molar-refractivity contribution is -0.131. The van der Waals surface area contributed by atoms with Gasteiger partial charge in [-0.05, 0) is 24.8 Å². The lowest BCUT2D eigenvalue weighted by Crippen LogP contribution is -2.40. The molecule has 1 aliphatic carbocycles. The Balaban J connectivity index is 1.75. The zero-order valence-electron chi connectivity index (χ0n) is 13.4. The molecule has 0 spiro atoms. The minimum absolute atomic E-state index is 0.00851. The molecule has 3 atom stereocenters. The number of likely N-dealkylation sites (tertiary alicyclic amines) is 1. The van der Waals surface area contributed by atoms with Crippen molar-refractivity contribution in [3.63, 3.8) is 0 Å². The lowest BCUT2D eigenvalue weighted by atomic mass is 9.83. The summed E-state index contributed by atoms with van der Waals surface area (Å²) in [6.07, 6.45) is 7.20. The van der Waals surface area contributed by atoms with Crippen LogP contribution in [0.1, 0.15) is 63.5 Å². The van der Waals surface area contributed by atoms with Gasteiger partial charge in [0.1, 0.15) is 0 Å². The first-order chi connectivity index (χ1) is 10.7. The predicted octanol–water partition coefficient (Wildman–Crippen LogP) is 3.68. The van der Waals surface area contributed by atoms with Crippen LogP contribution < -0.4 is 0 Å². The van der Waals surface area contributed by atoms with E-state index in [0.717, 1.165) is 12.0 Å². The number of amides is 1. The summed E-state index contributed by atoms with van der Waals surface area (Å²) >= 11 is 0. The third kappa shape index (κ3) is 3.19. The summed E-state index contributed by atoms with van der Waals surface area (Å²) < 4.78 is 0. The first-order valence-corrected chi connectivity index (χ1v) is 8.71. The quantitative estimate of drug-likeness (QED) is 0.921. The second-order valence-electron chi connectivity index (χ2n) is 6.97. The Bertz CT molecular complexity index is 495. The van der Waals surface area contributed by atoms with E-state index in [-0.39, 0.29) is 24.4 Å². The van der Waals surface area contributed by atoms with E-state index in [1.54, 1.807) is 0 Å². The molecule has 1 aromatic rings. The molecule has 0 bridgehead atoms. The molecule has 120 valence electrons. The Labute approximate surface area is 133 Å². The van der Waals surface area contributed by atoms with Crippen molar-refractivity contribution in [3.8, 4) is 0 Å². The molecule has 0 aromatic heterocycles. The van der Waals surface area contributed by atoms with E-state index in [2.05, 4.69) is 19.1 Å². The predicted molar refractivity (Wildman–Crippen MR) is 87.3 cm³/mol. The molecular formula is C19H27NO2. The fourth-order valence-corrected chi connectivity index (χ4v) is 4.22. The molecule has 0 unspecified atom stereocenters. The fraction of sp³-hybridized carbons (Fsp3) is 0.632. The maximum Gasteiger partial charge on any atom is 0.226 e. The molecule has 3 heteroatoms. The minimum atomic E-state index is -0.499. The van der Waals surface area contributed by atoms with Crippen LogP contribution in [0.2, 0.25) is 0 Å². The van der Waals surface area contributed by atoms with Crippen LogP contribution in [0.5, 0.6) is 0 Å². The van der Waals surface area contributed by atoms with Crippen molar-refractivity contribution < 1.29 is 9.90 Å². The topological polar surface area (TPSA) is 40.5 Å². The Morgan fingerprint density at radius 2 is 1.86 bits per heavy atom.